The third-order valence-corrected chi connectivity index (χ3v) is 12.0. The number of guanidine groups is 1. The van der Waals surface area contributed by atoms with Crippen LogP contribution in [0.5, 0.6) is 5.75 Å². The Morgan fingerprint density at radius 3 is 1.80 bits per heavy atom. The van der Waals surface area contributed by atoms with Crippen molar-refractivity contribution in [3.8, 4) is 5.75 Å². The number of aliphatic hydroxyl groups is 1. The highest BCUT2D eigenvalue weighted by Gasteiger charge is 2.44. The maximum atomic E-state index is 14.2. The predicted molar refractivity (Wildman–Crippen MR) is 255 cm³/mol. The molecule has 22 nitrogen and oxygen atoms in total. The monoisotopic (exact) mass is 969 g/mol. The molecule has 0 saturated carbocycles. The van der Waals surface area contributed by atoms with E-state index in [1.165, 1.54) is 21.9 Å². The van der Waals surface area contributed by atoms with Gasteiger partial charge in [-0.1, -0.05) is 72.8 Å². The third kappa shape index (κ3) is 15.7. The maximum Gasteiger partial charge on any atom is 0.326 e. The second-order valence-corrected chi connectivity index (χ2v) is 17.2. The maximum absolute atomic E-state index is 14.2. The van der Waals surface area contributed by atoms with E-state index in [9.17, 15) is 53.7 Å². The largest absolute Gasteiger partial charge is 0.508 e. The summed E-state index contributed by atoms with van der Waals surface area (Å²) in [6.07, 6.45) is 1.90. The Labute approximate surface area is 404 Å². The predicted octanol–water partition coefficient (Wildman–Crippen LogP) is -2.08. The van der Waals surface area contributed by atoms with E-state index in [4.69, 9.17) is 17.2 Å². The molecule has 0 spiro atoms. The molecular weight excluding hydrogens is 907 g/mol. The molecule has 3 aromatic carbocycles. The minimum atomic E-state index is -1.58. The lowest BCUT2D eigenvalue weighted by atomic mass is 10.0. The molecule has 70 heavy (non-hydrogen) atoms. The number of amides is 7. The van der Waals surface area contributed by atoms with E-state index in [2.05, 4.69) is 31.6 Å². The van der Waals surface area contributed by atoms with Crippen molar-refractivity contribution < 1.29 is 53.7 Å². The van der Waals surface area contributed by atoms with Gasteiger partial charge in [0.15, 0.2) is 5.96 Å². The van der Waals surface area contributed by atoms with Crippen molar-refractivity contribution in [2.24, 2.45) is 22.2 Å². The number of hydrogen-bond donors (Lipinski definition) is 11. The SMILES string of the molecule is NC(N)=NCCC[C@H](NC(=O)[C@@H](N)Cc1ccc(O)cc1)C(=O)N1CCC[C@H]1C(=O)N1CCC[C@H]1C(=O)NCC(=O)N[C@@H](Cc1ccccc1)C(=O)N[C@@H](CO)C(=O)N[C@@H](Cc1ccccc1)C(=O)O. The number of likely N-dealkylation sites (tertiary alicyclic amines) is 2. The number of phenolic OH excluding ortho intramolecular Hbond substituents is 1. The summed E-state index contributed by atoms with van der Waals surface area (Å²) in [5.41, 5.74) is 19.1. The number of nitrogens with zero attached hydrogens (tertiary/aromatic N) is 3. The van der Waals surface area contributed by atoms with Gasteiger partial charge in [-0.15, -0.1) is 0 Å². The van der Waals surface area contributed by atoms with Gasteiger partial charge < -0.3 is 68.9 Å². The highest BCUT2D eigenvalue weighted by Crippen LogP contribution is 2.26. The average Bonchev–Trinajstić information content (AvgIpc) is 4.05. The number of carbonyl (C=O) groups is 8. The fraction of sp³-hybridized carbons (Fsp3) is 0.438. The van der Waals surface area contributed by atoms with Crippen LogP contribution in [-0.2, 0) is 57.6 Å². The molecule has 0 bridgehead atoms. The lowest BCUT2D eigenvalue weighted by Crippen LogP contribution is -2.58. The van der Waals surface area contributed by atoms with E-state index in [1.54, 1.807) is 72.8 Å². The van der Waals surface area contributed by atoms with Crippen LogP contribution in [0.3, 0.4) is 0 Å². The number of aliphatic carboxylic acids is 1. The van der Waals surface area contributed by atoms with Crippen molar-refractivity contribution in [2.45, 2.75) is 100 Å². The van der Waals surface area contributed by atoms with Gasteiger partial charge in [-0.25, -0.2) is 4.79 Å². The summed E-state index contributed by atoms with van der Waals surface area (Å²) in [7, 11) is 0. The highest BCUT2D eigenvalue weighted by atomic mass is 16.4. The van der Waals surface area contributed by atoms with E-state index in [-0.39, 0.29) is 63.4 Å². The Hall–Kier alpha value is -7.59. The van der Waals surface area contributed by atoms with Crippen molar-refractivity contribution in [3.63, 3.8) is 0 Å². The molecular formula is C48H63N11O11. The van der Waals surface area contributed by atoms with Gasteiger partial charge in [0.25, 0.3) is 0 Å². The number of carboxylic acids is 1. The van der Waals surface area contributed by atoms with Crippen LogP contribution < -0.4 is 43.8 Å². The molecule has 0 aromatic heterocycles. The molecule has 3 aromatic rings. The molecule has 5 rings (SSSR count). The zero-order chi connectivity index (χ0) is 50.7. The van der Waals surface area contributed by atoms with Crippen LogP contribution in [0.15, 0.2) is 89.9 Å². The first-order valence-corrected chi connectivity index (χ1v) is 23.1. The number of nitrogens with two attached hydrogens (primary N) is 3. The lowest BCUT2D eigenvalue weighted by Gasteiger charge is -2.33. The minimum absolute atomic E-state index is 0.0507. The number of aliphatic imine (C=N–C) groups is 1. The van der Waals surface area contributed by atoms with Gasteiger partial charge >= 0.3 is 5.97 Å². The van der Waals surface area contributed by atoms with Crippen LogP contribution in [0.4, 0.5) is 0 Å². The highest BCUT2D eigenvalue weighted by molar-refractivity contribution is 5.97. The number of nitrogens with one attached hydrogen (secondary N) is 5. The van der Waals surface area contributed by atoms with Gasteiger partial charge in [0.05, 0.1) is 19.2 Å². The molecule has 7 amide bonds. The van der Waals surface area contributed by atoms with E-state index in [0.717, 1.165) is 0 Å². The standard InChI is InChI=1S/C48H63N11O11/c49-33(24-31-17-19-32(61)20-18-31)41(63)55-34(14-7-21-52-48(50)51)45(67)59-23-9-16-39(59)46(68)58-22-8-15-38(58)44(66)53-27-40(62)54-35(25-29-10-3-1-4-11-29)42(64)57-37(28-60)43(65)56-36(47(69)70)26-30-12-5-2-6-13-30/h1-6,10-13,17-20,33-39,60-61H,7-9,14-16,21-28,49H2,(H,53,66)(H,54,62)(H,55,63)(H,56,65)(H,57,64)(H,69,70)(H4,50,51,52)/t33-,34-,35-,36-,37-,38-,39-/m0/s1. The van der Waals surface area contributed by atoms with Crippen LogP contribution in [0.2, 0.25) is 0 Å². The lowest BCUT2D eigenvalue weighted by molar-refractivity contribution is -0.148. The van der Waals surface area contributed by atoms with E-state index < -0.39 is 103 Å². The van der Waals surface area contributed by atoms with E-state index in [0.29, 0.717) is 42.4 Å². The number of hydrogen-bond acceptors (Lipinski definition) is 12. The average molecular weight is 970 g/mol. The number of phenols is 1. The summed E-state index contributed by atoms with van der Waals surface area (Å²) in [5, 5.41) is 42.1. The summed E-state index contributed by atoms with van der Waals surface area (Å²) in [6, 6.07) is 15.0. The zero-order valence-corrected chi connectivity index (χ0v) is 38.7. The Morgan fingerprint density at radius 1 is 0.657 bits per heavy atom. The molecule has 0 unspecified atom stereocenters. The van der Waals surface area contributed by atoms with Gasteiger partial charge in [0.2, 0.25) is 41.4 Å². The van der Waals surface area contributed by atoms with Crippen molar-refractivity contribution in [2.75, 3.05) is 32.8 Å². The number of aromatic hydroxyl groups is 1. The number of benzene rings is 3. The molecule has 2 fully saturated rings. The Morgan fingerprint density at radius 2 is 1.20 bits per heavy atom. The van der Waals surface area contributed by atoms with Crippen LogP contribution in [0.25, 0.3) is 0 Å². The first kappa shape index (κ1) is 53.4. The second kappa shape index (κ2) is 26.2. The number of aliphatic hydroxyl groups excluding tert-OH is 1. The zero-order valence-electron chi connectivity index (χ0n) is 38.7. The molecule has 7 atom stereocenters. The van der Waals surface area contributed by atoms with Gasteiger partial charge in [0.1, 0.15) is 42.0 Å². The second-order valence-electron chi connectivity index (χ2n) is 17.2. The Bertz CT molecular complexity index is 2320. The van der Waals surface area contributed by atoms with Gasteiger partial charge in [0, 0.05) is 32.5 Å². The van der Waals surface area contributed by atoms with Crippen molar-refractivity contribution in [1.82, 2.24) is 36.4 Å². The van der Waals surface area contributed by atoms with E-state index >= 15 is 0 Å². The molecule has 0 radical (unpaired) electrons. The Kier molecular flexibility index (Phi) is 20.0. The molecule has 0 aliphatic carbocycles. The number of carbonyl (C=O) groups excluding carboxylic acids is 7. The van der Waals surface area contributed by atoms with Gasteiger partial charge in [-0.3, -0.25) is 38.6 Å². The molecule has 2 aliphatic rings. The van der Waals surface area contributed by atoms with Gasteiger partial charge in [-0.2, -0.15) is 0 Å². The fourth-order valence-electron chi connectivity index (χ4n) is 8.38. The molecule has 376 valence electrons. The summed E-state index contributed by atoms with van der Waals surface area (Å²) in [6.45, 7) is -0.925. The van der Waals surface area contributed by atoms with Crippen LogP contribution >= 0.6 is 0 Å². The first-order chi connectivity index (χ1) is 33.5. The van der Waals surface area contributed by atoms with Crippen LogP contribution in [-0.4, -0.2) is 153 Å². The summed E-state index contributed by atoms with van der Waals surface area (Å²) in [4.78, 5) is 115. The molecule has 2 heterocycles. The van der Waals surface area contributed by atoms with Crippen molar-refractivity contribution >= 4 is 53.3 Å². The van der Waals surface area contributed by atoms with Crippen LogP contribution in [0.1, 0.15) is 55.2 Å². The number of carboxylic acid groups (broad SMARTS) is 1. The number of rotatable bonds is 24. The quantitative estimate of drug-likeness (QED) is 0.0261. The first-order valence-electron chi connectivity index (χ1n) is 23.1. The molecule has 14 N–H and O–H groups in total. The molecule has 22 heteroatoms. The van der Waals surface area contributed by atoms with Gasteiger partial charge in [-0.05, 0) is 73.8 Å². The topological polar surface area (TPSA) is 354 Å². The summed E-state index contributed by atoms with van der Waals surface area (Å²) < 4.78 is 0. The van der Waals surface area contributed by atoms with Crippen LogP contribution in [0, 0.1) is 0 Å². The summed E-state index contributed by atoms with van der Waals surface area (Å²) in [5.74, 6) is -6.29. The fourth-order valence-corrected chi connectivity index (χ4v) is 8.38. The van der Waals surface area contributed by atoms with Crippen molar-refractivity contribution in [3.05, 3.63) is 102 Å². The smallest absolute Gasteiger partial charge is 0.326 e. The summed E-state index contributed by atoms with van der Waals surface area (Å²) >= 11 is 0. The van der Waals surface area contributed by atoms with E-state index in [1.807, 2.05) is 0 Å². The third-order valence-electron chi connectivity index (χ3n) is 12.0. The molecule has 2 saturated heterocycles. The van der Waals surface area contributed by atoms with Crippen molar-refractivity contribution in [1.29, 1.82) is 0 Å². The minimum Gasteiger partial charge on any atom is -0.508 e. The Balaban J connectivity index is 1.20. The molecule has 2 aliphatic heterocycles. The normalized spacial score (nSPS) is 17.5.